The number of aromatic nitrogens is 2. The summed E-state index contributed by atoms with van der Waals surface area (Å²) in [6.07, 6.45) is 3.54. The third-order valence-corrected chi connectivity index (χ3v) is 2.58. The molecular weight excluding hydrogens is 205 g/mol. The van der Waals surface area contributed by atoms with E-state index in [2.05, 4.69) is 10.3 Å². The van der Waals surface area contributed by atoms with E-state index in [4.69, 9.17) is 0 Å². The lowest BCUT2D eigenvalue weighted by Crippen LogP contribution is -2.05. The van der Waals surface area contributed by atoms with Crippen LogP contribution < -0.4 is 5.32 Å². The number of benzene rings is 1. The quantitative estimate of drug-likeness (QED) is 0.859. The van der Waals surface area contributed by atoms with Crippen molar-refractivity contribution in [3.63, 3.8) is 0 Å². The van der Waals surface area contributed by atoms with Crippen LogP contribution in [0.3, 0.4) is 0 Å². The SMILES string of the molecule is Cc1ccc(F)cc1NCc1cncn1C. The summed E-state index contributed by atoms with van der Waals surface area (Å²) < 4.78 is 15.0. The van der Waals surface area contributed by atoms with Gasteiger partial charge in [-0.3, -0.25) is 0 Å². The second-order valence-corrected chi connectivity index (χ2v) is 3.81. The number of nitrogens with zero attached hydrogens (tertiary/aromatic N) is 2. The lowest BCUT2D eigenvalue weighted by atomic mass is 10.2. The fourth-order valence-electron chi connectivity index (χ4n) is 1.53. The highest BCUT2D eigenvalue weighted by atomic mass is 19.1. The molecule has 2 aromatic rings. The molecule has 1 aromatic heterocycles. The van der Waals surface area contributed by atoms with Crippen molar-refractivity contribution in [1.82, 2.24) is 9.55 Å². The van der Waals surface area contributed by atoms with Crippen molar-refractivity contribution >= 4 is 5.69 Å². The summed E-state index contributed by atoms with van der Waals surface area (Å²) >= 11 is 0. The Balaban J connectivity index is 2.10. The van der Waals surface area contributed by atoms with E-state index in [1.807, 2.05) is 18.5 Å². The zero-order chi connectivity index (χ0) is 11.5. The Bertz CT molecular complexity index is 491. The van der Waals surface area contributed by atoms with Gasteiger partial charge in [-0.1, -0.05) is 6.07 Å². The highest BCUT2D eigenvalue weighted by molar-refractivity contribution is 5.50. The minimum Gasteiger partial charge on any atom is -0.379 e. The molecule has 0 amide bonds. The highest BCUT2D eigenvalue weighted by Gasteiger charge is 2.02. The van der Waals surface area contributed by atoms with E-state index in [0.717, 1.165) is 16.9 Å². The molecule has 84 valence electrons. The van der Waals surface area contributed by atoms with Gasteiger partial charge < -0.3 is 9.88 Å². The van der Waals surface area contributed by atoms with Gasteiger partial charge in [-0.2, -0.15) is 0 Å². The van der Waals surface area contributed by atoms with Gasteiger partial charge in [-0.15, -0.1) is 0 Å². The first-order valence-corrected chi connectivity index (χ1v) is 5.12. The van der Waals surface area contributed by atoms with E-state index in [-0.39, 0.29) is 5.82 Å². The third kappa shape index (κ3) is 2.21. The monoisotopic (exact) mass is 219 g/mol. The minimum atomic E-state index is -0.224. The largest absolute Gasteiger partial charge is 0.379 e. The van der Waals surface area contributed by atoms with Crippen molar-refractivity contribution in [2.75, 3.05) is 5.32 Å². The van der Waals surface area contributed by atoms with Crippen LogP contribution in [0.1, 0.15) is 11.3 Å². The molecule has 1 N–H and O–H groups in total. The van der Waals surface area contributed by atoms with Crippen LogP contribution in [0.2, 0.25) is 0 Å². The van der Waals surface area contributed by atoms with Gasteiger partial charge in [-0.05, 0) is 24.6 Å². The van der Waals surface area contributed by atoms with Crippen LogP contribution in [0.25, 0.3) is 0 Å². The van der Waals surface area contributed by atoms with Crippen molar-refractivity contribution in [2.24, 2.45) is 7.05 Å². The minimum absolute atomic E-state index is 0.224. The van der Waals surface area contributed by atoms with Gasteiger partial charge in [0.2, 0.25) is 0 Å². The summed E-state index contributed by atoms with van der Waals surface area (Å²) in [6.45, 7) is 2.59. The molecule has 0 unspecified atom stereocenters. The molecule has 0 radical (unpaired) electrons. The molecule has 3 nitrogen and oxygen atoms in total. The first-order chi connectivity index (χ1) is 7.66. The molecule has 0 saturated carbocycles. The predicted octanol–water partition coefficient (Wildman–Crippen LogP) is 2.48. The third-order valence-electron chi connectivity index (χ3n) is 2.58. The van der Waals surface area contributed by atoms with Gasteiger partial charge >= 0.3 is 0 Å². The average molecular weight is 219 g/mol. The van der Waals surface area contributed by atoms with E-state index in [0.29, 0.717) is 6.54 Å². The van der Waals surface area contributed by atoms with Crippen LogP contribution in [0, 0.1) is 12.7 Å². The number of hydrogen-bond donors (Lipinski definition) is 1. The highest BCUT2D eigenvalue weighted by Crippen LogP contribution is 2.16. The zero-order valence-electron chi connectivity index (χ0n) is 9.37. The summed E-state index contributed by atoms with van der Waals surface area (Å²) in [5.41, 5.74) is 2.91. The number of nitrogens with one attached hydrogen (secondary N) is 1. The molecule has 0 aliphatic carbocycles. The molecule has 0 fully saturated rings. The van der Waals surface area contributed by atoms with Gasteiger partial charge in [0.1, 0.15) is 5.82 Å². The van der Waals surface area contributed by atoms with E-state index in [1.165, 1.54) is 12.1 Å². The first-order valence-electron chi connectivity index (χ1n) is 5.12. The summed E-state index contributed by atoms with van der Waals surface area (Å²) in [5.74, 6) is -0.224. The van der Waals surface area contributed by atoms with Gasteiger partial charge in [-0.25, -0.2) is 9.37 Å². The molecule has 1 heterocycles. The van der Waals surface area contributed by atoms with Crippen molar-refractivity contribution < 1.29 is 4.39 Å². The van der Waals surface area contributed by atoms with Crippen LogP contribution in [0.5, 0.6) is 0 Å². The van der Waals surface area contributed by atoms with Crippen LogP contribution in [0.15, 0.2) is 30.7 Å². The fourth-order valence-corrected chi connectivity index (χ4v) is 1.53. The van der Waals surface area contributed by atoms with Crippen LogP contribution in [-0.4, -0.2) is 9.55 Å². The molecule has 0 spiro atoms. The molecule has 0 atom stereocenters. The predicted molar refractivity (Wildman–Crippen MR) is 61.7 cm³/mol. The molecular formula is C12H14FN3. The molecule has 0 aliphatic heterocycles. The number of anilines is 1. The van der Waals surface area contributed by atoms with Crippen molar-refractivity contribution in [3.8, 4) is 0 Å². The number of imidazole rings is 1. The van der Waals surface area contributed by atoms with Crippen LogP contribution in [0.4, 0.5) is 10.1 Å². The van der Waals surface area contributed by atoms with E-state index < -0.39 is 0 Å². The Hall–Kier alpha value is -1.84. The lowest BCUT2D eigenvalue weighted by Gasteiger charge is -2.09. The summed E-state index contributed by atoms with van der Waals surface area (Å²) in [4.78, 5) is 4.02. The summed E-state index contributed by atoms with van der Waals surface area (Å²) in [7, 11) is 1.93. The molecule has 0 aliphatic rings. The number of hydrogen-bond acceptors (Lipinski definition) is 2. The molecule has 1 aromatic carbocycles. The second kappa shape index (κ2) is 4.35. The van der Waals surface area contributed by atoms with Crippen LogP contribution in [-0.2, 0) is 13.6 Å². The molecule has 4 heteroatoms. The number of halogens is 1. The fraction of sp³-hybridized carbons (Fsp3) is 0.250. The number of aryl methyl sites for hydroxylation is 2. The molecule has 0 saturated heterocycles. The van der Waals surface area contributed by atoms with Gasteiger partial charge in [0.05, 0.1) is 18.6 Å². The van der Waals surface area contributed by atoms with Crippen molar-refractivity contribution in [2.45, 2.75) is 13.5 Å². The Labute approximate surface area is 93.9 Å². The molecule has 2 rings (SSSR count). The maximum absolute atomic E-state index is 13.0. The van der Waals surface area contributed by atoms with Crippen molar-refractivity contribution in [3.05, 3.63) is 47.8 Å². The zero-order valence-corrected chi connectivity index (χ0v) is 9.37. The van der Waals surface area contributed by atoms with Crippen LogP contribution >= 0.6 is 0 Å². The Kier molecular flexibility index (Phi) is 2.90. The maximum Gasteiger partial charge on any atom is 0.125 e. The molecule has 16 heavy (non-hydrogen) atoms. The first kappa shape index (κ1) is 10.7. The topological polar surface area (TPSA) is 29.9 Å². The Morgan fingerprint density at radius 2 is 2.25 bits per heavy atom. The second-order valence-electron chi connectivity index (χ2n) is 3.81. The van der Waals surface area contributed by atoms with Gasteiger partial charge in [0.25, 0.3) is 0 Å². The smallest absolute Gasteiger partial charge is 0.125 e. The van der Waals surface area contributed by atoms with E-state index in [9.17, 15) is 4.39 Å². The normalized spacial score (nSPS) is 10.4. The van der Waals surface area contributed by atoms with E-state index >= 15 is 0 Å². The summed E-state index contributed by atoms with van der Waals surface area (Å²) in [6, 6.07) is 4.73. The Morgan fingerprint density at radius 3 is 2.94 bits per heavy atom. The van der Waals surface area contributed by atoms with Gasteiger partial charge in [0, 0.05) is 18.9 Å². The van der Waals surface area contributed by atoms with Gasteiger partial charge in [0.15, 0.2) is 0 Å². The lowest BCUT2D eigenvalue weighted by molar-refractivity contribution is 0.627. The summed E-state index contributed by atoms with van der Waals surface area (Å²) in [5, 5.41) is 3.20. The average Bonchev–Trinajstić information content (AvgIpc) is 2.66. The molecule has 0 bridgehead atoms. The Morgan fingerprint density at radius 1 is 1.44 bits per heavy atom. The maximum atomic E-state index is 13.0. The van der Waals surface area contributed by atoms with E-state index in [1.54, 1.807) is 18.6 Å². The number of rotatable bonds is 3. The van der Waals surface area contributed by atoms with Crippen molar-refractivity contribution in [1.29, 1.82) is 0 Å². The standard InChI is InChI=1S/C12H14FN3/c1-9-3-4-10(13)5-12(9)15-7-11-6-14-8-16(11)2/h3-6,8,15H,7H2,1-2H3.